The first-order valence-corrected chi connectivity index (χ1v) is 4.49. The van der Waals surface area contributed by atoms with Crippen LogP contribution in [0.15, 0.2) is 18.2 Å². The zero-order valence-corrected chi connectivity index (χ0v) is 8.30. The molecule has 3 N–H and O–H groups in total. The molecule has 1 unspecified atom stereocenters. The summed E-state index contributed by atoms with van der Waals surface area (Å²) in [5.41, 5.74) is 4.65. The van der Waals surface area contributed by atoms with E-state index in [1.54, 1.807) is 0 Å². The van der Waals surface area contributed by atoms with Gasteiger partial charge in [-0.15, -0.1) is 0 Å². The first-order valence-electron chi connectivity index (χ1n) is 4.49. The fourth-order valence-corrected chi connectivity index (χ4v) is 1.01. The van der Waals surface area contributed by atoms with Gasteiger partial charge in [0, 0.05) is 6.54 Å². The van der Waals surface area contributed by atoms with Crippen molar-refractivity contribution in [3.8, 4) is 5.75 Å². The number of nitro groups is 1. The molecule has 0 spiro atoms. The minimum absolute atomic E-state index is 0.0189. The summed E-state index contributed by atoms with van der Waals surface area (Å²) in [6.45, 7) is -0.196. The first kappa shape index (κ1) is 12.3. The third-order valence-electron chi connectivity index (χ3n) is 1.82. The highest BCUT2D eigenvalue weighted by atomic mass is 19.1. The second-order valence-corrected chi connectivity index (χ2v) is 3.07. The summed E-state index contributed by atoms with van der Waals surface area (Å²) in [5.74, 6) is -0.822. The van der Waals surface area contributed by atoms with Crippen molar-refractivity contribution in [1.82, 2.24) is 0 Å². The number of benzene rings is 1. The molecule has 0 fully saturated rings. The number of hydrogen-bond donors (Lipinski definition) is 2. The van der Waals surface area contributed by atoms with Gasteiger partial charge in [0.05, 0.1) is 11.0 Å². The van der Waals surface area contributed by atoms with E-state index in [9.17, 15) is 14.5 Å². The summed E-state index contributed by atoms with van der Waals surface area (Å²) in [6.07, 6.45) is -0.912. The minimum atomic E-state index is -0.912. The predicted molar refractivity (Wildman–Crippen MR) is 53.6 cm³/mol. The highest BCUT2D eigenvalue weighted by Crippen LogP contribution is 2.27. The Kier molecular flexibility index (Phi) is 4.15. The van der Waals surface area contributed by atoms with Crippen molar-refractivity contribution < 1.29 is 19.2 Å². The fraction of sp³-hybridized carbons (Fsp3) is 0.333. The van der Waals surface area contributed by atoms with E-state index in [1.807, 2.05) is 0 Å². The topological polar surface area (TPSA) is 98.6 Å². The number of rotatable bonds is 5. The molecule has 0 radical (unpaired) electrons. The zero-order valence-electron chi connectivity index (χ0n) is 8.30. The van der Waals surface area contributed by atoms with Gasteiger partial charge in [0.2, 0.25) is 0 Å². The van der Waals surface area contributed by atoms with Gasteiger partial charge in [0.25, 0.3) is 0 Å². The van der Waals surface area contributed by atoms with Crippen molar-refractivity contribution in [3.63, 3.8) is 0 Å². The Morgan fingerprint density at radius 1 is 1.62 bits per heavy atom. The van der Waals surface area contributed by atoms with Crippen LogP contribution in [0.25, 0.3) is 0 Å². The standard InChI is InChI=1S/C9H11FN2O4/c10-6-1-2-9(8(3-6)12(14)15)16-5-7(13)4-11/h1-3,7,13H,4-5,11H2. The molecule has 16 heavy (non-hydrogen) atoms. The average molecular weight is 230 g/mol. The van der Waals surface area contributed by atoms with Crippen LogP contribution in [-0.2, 0) is 0 Å². The summed E-state index contributed by atoms with van der Waals surface area (Å²) in [4.78, 5) is 9.80. The number of aliphatic hydroxyl groups excluding tert-OH is 1. The van der Waals surface area contributed by atoms with Crippen LogP contribution >= 0.6 is 0 Å². The quantitative estimate of drug-likeness (QED) is 0.564. The van der Waals surface area contributed by atoms with E-state index in [-0.39, 0.29) is 18.9 Å². The second kappa shape index (κ2) is 5.38. The van der Waals surface area contributed by atoms with E-state index >= 15 is 0 Å². The zero-order chi connectivity index (χ0) is 12.1. The second-order valence-electron chi connectivity index (χ2n) is 3.07. The van der Waals surface area contributed by atoms with Gasteiger partial charge >= 0.3 is 5.69 Å². The summed E-state index contributed by atoms with van der Waals surface area (Å²) >= 11 is 0. The Labute approximate surface area is 90.6 Å². The number of nitro benzene ring substituents is 1. The molecular weight excluding hydrogens is 219 g/mol. The Morgan fingerprint density at radius 3 is 2.88 bits per heavy atom. The highest BCUT2D eigenvalue weighted by Gasteiger charge is 2.17. The SMILES string of the molecule is NCC(O)COc1ccc(F)cc1[N+](=O)[O-]. The maximum absolute atomic E-state index is 12.7. The van der Waals surface area contributed by atoms with Crippen LogP contribution in [-0.4, -0.2) is 29.3 Å². The van der Waals surface area contributed by atoms with Crippen LogP contribution in [0.3, 0.4) is 0 Å². The van der Waals surface area contributed by atoms with Gasteiger partial charge < -0.3 is 15.6 Å². The lowest BCUT2D eigenvalue weighted by Gasteiger charge is -2.10. The molecule has 0 aliphatic carbocycles. The van der Waals surface area contributed by atoms with E-state index in [0.29, 0.717) is 0 Å². The molecular formula is C9H11FN2O4. The molecule has 0 aliphatic rings. The van der Waals surface area contributed by atoms with Gasteiger partial charge in [0.15, 0.2) is 5.75 Å². The normalized spacial score (nSPS) is 12.2. The van der Waals surface area contributed by atoms with Crippen molar-refractivity contribution >= 4 is 5.69 Å². The molecule has 1 aromatic carbocycles. The molecule has 0 aliphatic heterocycles. The Morgan fingerprint density at radius 2 is 2.31 bits per heavy atom. The number of halogens is 1. The molecule has 0 heterocycles. The molecule has 6 nitrogen and oxygen atoms in total. The lowest BCUT2D eigenvalue weighted by atomic mass is 10.3. The minimum Gasteiger partial charge on any atom is -0.484 e. The van der Waals surface area contributed by atoms with Crippen molar-refractivity contribution in [1.29, 1.82) is 0 Å². The van der Waals surface area contributed by atoms with Crippen molar-refractivity contribution in [3.05, 3.63) is 34.1 Å². The van der Waals surface area contributed by atoms with Crippen LogP contribution in [0.4, 0.5) is 10.1 Å². The Balaban J connectivity index is 2.82. The molecule has 88 valence electrons. The lowest BCUT2D eigenvalue weighted by molar-refractivity contribution is -0.386. The molecule has 1 rings (SSSR count). The molecule has 0 bridgehead atoms. The molecule has 1 atom stereocenters. The molecule has 1 aromatic rings. The average Bonchev–Trinajstić information content (AvgIpc) is 2.26. The summed E-state index contributed by atoms with van der Waals surface area (Å²) in [5, 5.41) is 19.7. The van der Waals surface area contributed by atoms with E-state index in [2.05, 4.69) is 0 Å². The molecule has 0 amide bonds. The van der Waals surface area contributed by atoms with Gasteiger partial charge in [-0.25, -0.2) is 4.39 Å². The predicted octanol–water partition coefficient (Wildman–Crippen LogP) is 0.432. The summed E-state index contributed by atoms with van der Waals surface area (Å²) in [6, 6.07) is 2.93. The van der Waals surface area contributed by atoms with Gasteiger partial charge in [-0.2, -0.15) is 0 Å². The molecule has 0 saturated carbocycles. The van der Waals surface area contributed by atoms with E-state index in [4.69, 9.17) is 15.6 Å². The number of ether oxygens (including phenoxy) is 1. The monoisotopic (exact) mass is 230 g/mol. The highest BCUT2D eigenvalue weighted by molar-refractivity contribution is 5.46. The number of hydrogen-bond acceptors (Lipinski definition) is 5. The van der Waals surface area contributed by atoms with Crippen LogP contribution in [0.5, 0.6) is 5.75 Å². The smallest absolute Gasteiger partial charge is 0.313 e. The number of aliphatic hydroxyl groups is 1. The van der Waals surface area contributed by atoms with Crippen molar-refractivity contribution in [2.75, 3.05) is 13.2 Å². The van der Waals surface area contributed by atoms with Crippen LogP contribution in [0.2, 0.25) is 0 Å². The van der Waals surface area contributed by atoms with E-state index in [1.165, 1.54) is 0 Å². The maximum atomic E-state index is 12.7. The molecule has 0 aromatic heterocycles. The van der Waals surface area contributed by atoms with Crippen LogP contribution < -0.4 is 10.5 Å². The number of nitrogens with two attached hydrogens (primary N) is 1. The summed E-state index contributed by atoms with van der Waals surface area (Å²) < 4.78 is 17.7. The van der Waals surface area contributed by atoms with Gasteiger partial charge in [-0.3, -0.25) is 10.1 Å². The van der Waals surface area contributed by atoms with E-state index in [0.717, 1.165) is 18.2 Å². The first-order chi connectivity index (χ1) is 7.54. The van der Waals surface area contributed by atoms with Crippen LogP contribution in [0.1, 0.15) is 0 Å². The number of nitrogens with zero attached hydrogens (tertiary/aromatic N) is 1. The van der Waals surface area contributed by atoms with Gasteiger partial charge in [-0.1, -0.05) is 0 Å². The van der Waals surface area contributed by atoms with Gasteiger partial charge in [-0.05, 0) is 12.1 Å². The fourth-order valence-electron chi connectivity index (χ4n) is 1.01. The maximum Gasteiger partial charge on any atom is 0.313 e. The third kappa shape index (κ3) is 3.14. The molecule has 0 saturated heterocycles. The van der Waals surface area contributed by atoms with Crippen molar-refractivity contribution in [2.24, 2.45) is 5.73 Å². The Hall–Kier alpha value is -1.73. The lowest BCUT2D eigenvalue weighted by Crippen LogP contribution is -2.26. The molecule has 7 heteroatoms. The largest absolute Gasteiger partial charge is 0.484 e. The van der Waals surface area contributed by atoms with Crippen LogP contribution in [0, 0.1) is 15.9 Å². The van der Waals surface area contributed by atoms with Gasteiger partial charge in [0.1, 0.15) is 18.5 Å². The van der Waals surface area contributed by atoms with E-state index < -0.39 is 22.5 Å². The summed E-state index contributed by atoms with van der Waals surface area (Å²) in [7, 11) is 0. The third-order valence-corrected chi connectivity index (χ3v) is 1.82. The van der Waals surface area contributed by atoms with Crippen molar-refractivity contribution in [2.45, 2.75) is 6.10 Å². The Bertz CT molecular complexity index is 386.